The highest BCUT2D eigenvalue weighted by Gasteiger charge is 2.48. The van der Waals surface area contributed by atoms with Crippen molar-refractivity contribution >= 4 is 5.69 Å². The van der Waals surface area contributed by atoms with Gasteiger partial charge in [-0.25, -0.2) is 0 Å². The number of nitrogens with zero attached hydrogens (tertiary/aromatic N) is 2. The van der Waals surface area contributed by atoms with Crippen LogP contribution in [0.4, 0.5) is 5.69 Å². The fraction of sp³-hybridized carbons (Fsp3) is 0.593. The van der Waals surface area contributed by atoms with E-state index in [1.165, 1.54) is 49.0 Å². The van der Waals surface area contributed by atoms with Crippen molar-refractivity contribution in [3.8, 4) is 0 Å². The summed E-state index contributed by atoms with van der Waals surface area (Å²) >= 11 is 0. The van der Waals surface area contributed by atoms with Crippen LogP contribution in [-0.2, 0) is 10.2 Å². The molecule has 1 aromatic carbocycles. The third-order valence-electron chi connectivity index (χ3n) is 8.09. The van der Waals surface area contributed by atoms with Crippen LogP contribution in [0, 0.1) is 0 Å². The second-order valence-corrected chi connectivity index (χ2v) is 9.84. The number of benzene rings is 1. The number of hydrogen-bond acceptors (Lipinski definition) is 4. The van der Waals surface area contributed by atoms with Gasteiger partial charge in [0, 0.05) is 48.7 Å². The van der Waals surface area contributed by atoms with Crippen molar-refractivity contribution in [1.29, 1.82) is 0 Å². The van der Waals surface area contributed by atoms with E-state index < -0.39 is 0 Å². The van der Waals surface area contributed by atoms with Gasteiger partial charge in [0.15, 0.2) is 0 Å². The Morgan fingerprint density at radius 1 is 1.10 bits per heavy atom. The second-order valence-electron chi connectivity index (χ2n) is 9.84. The molecule has 0 amide bonds. The molecule has 2 fully saturated rings. The minimum absolute atomic E-state index is 0.0921. The predicted molar refractivity (Wildman–Crippen MR) is 127 cm³/mol. The molecule has 2 atom stereocenters. The molecule has 0 radical (unpaired) electrons. The zero-order chi connectivity index (χ0) is 21.2. The van der Waals surface area contributed by atoms with Gasteiger partial charge in [-0.05, 0) is 75.8 Å². The number of nitrogens with one attached hydrogen (secondary N) is 1. The Labute approximate surface area is 187 Å². The Balaban J connectivity index is 1.33. The lowest BCUT2D eigenvalue weighted by atomic mass is 9.68. The first kappa shape index (κ1) is 21.0. The molecular formula is C27H37N3O. The first-order valence-corrected chi connectivity index (χ1v) is 12.4. The van der Waals surface area contributed by atoms with Crippen LogP contribution in [-0.4, -0.2) is 36.8 Å². The van der Waals surface area contributed by atoms with E-state index in [2.05, 4.69) is 53.5 Å². The lowest BCUT2D eigenvalue weighted by molar-refractivity contribution is -0.104. The standard InChI is InChI=1S/C27H37N3O/c1-2-30-19-12-23(22-9-3-4-10-24(22)30)28-18-15-26(25-11-5-8-17-29-25)16-20-31-27(21-26)13-6-7-14-27/h3-5,8-11,17,23,28H,2,6-7,12-16,18-21H2,1H3. The van der Waals surface area contributed by atoms with Crippen molar-refractivity contribution in [3.63, 3.8) is 0 Å². The van der Waals surface area contributed by atoms with Crippen LogP contribution in [0.3, 0.4) is 0 Å². The molecular weight excluding hydrogens is 382 g/mol. The highest BCUT2D eigenvalue weighted by atomic mass is 16.5. The average molecular weight is 420 g/mol. The van der Waals surface area contributed by atoms with E-state index in [1.54, 1.807) is 0 Å². The van der Waals surface area contributed by atoms with Crippen molar-refractivity contribution in [1.82, 2.24) is 10.3 Å². The van der Waals surface area contributed by atoms with Gasteiger partial charge in [0.2, 0.25) is 0 Å². The van der Waals surface area contributed by atoms with E-state index >= 15 is 0 Å². The molecule has 1 spiro atoms. The Morgan fingerprint density at radius 3 is 2.74 bits per heavy atom. The Bertz CT molecular complexity index is 864. The number of aromatic nitrogens is 1. The molecule has 1 aliphatic carbocycles. The summed E-state index contributed by atoms with van der Waals surface area (Å²) in [5.41, 5.74) is 4.36. The molecule has 3 heterocycles. The third-order valence-corrected chi connectivity index (χ3v) is 8.09. The van der Waals surface area contributed by atoms with Gasteiger partial charge in [0.25, 0.3) is 0 Å². The van der Waals surface area contributed by atoms with Gasteiger partial charge in [-0.2, -0.15) is 0 Å². The molecule has 166 valence electrons. The number of fused-ring (bicyclic) bond motifs is 1. The van der Waals surface area contributed by atoms with Gasteiger partial charge in [0.05, 0.1) is 5.60 Å². The van der Waals surface area contributed by atoms with Crippen molar-refractivity contribution in [2.75, 3.05) is 31.1 Å². The average Bonchev–Trinajstić information content (AvgIpc) is 3.27. The smallest absolute Gasteiger partial charge is 0.0691 e. The normalized spacial score (nSPS) is 27.4. The van der Waals surface area contributed by atoms with Gasteiger partial charge in [0.1, 0.15) is 0 Å². The highest BCUT2D eigenvalue weighted by molar-refractivity contribution is 5.56. The minimum atomic E-state index is 0.0921. The van der Waals surface area contributed by atoms with E-state index in [4.69, 9.17) is 9.72 Å². The molecule has 2 aliphatic heterocycles. The number of para-hydroxylation sites is 1. The number of pyridine rings is 1. The quantitative estimate of drug-likeness (QED) is 0.681. The molecule has 2 unspecified atom stereocenters. The minimum Gasteiger partial charge on any atom is -0.375 e. The lowest BCUT2D eigenvalue weighted by Gasteiger charge is -2.46. The van der Waals surface area contributed by atoms with Crippen LogP contribution in [0.2, 0.25) is 0 Å². The molecule has 0 bridgehead atoms. The largest absolute Gasteiger partial charge is 0.375 e. The molecule has 1 N–H and O–H groups in total. The van der Waals surface area contributed by atoms with E-state index in [-0.39, 0.29) is 11.0 Å². The molecule has 3 aliphatic rings. The van der Waals surface area contributed by atoms with E-state index in [0.717, 1.165) is 45.5 Å². The zero-order valence-electron chi connectivity index (χ0n) is 19.0. The second kappa shape index (κ2) is 8.91. The first-order valence-electron chi connectivity index (χ1n) is 12.4. The van der Waals surface area contributed by atoms with Gasteiger partial charge in [-0.3, -0.25) is 4.98 Å². The summed E-state index contributed by atoms with van der Waals surface area (Å²) in [6.45, 7) is 6.36. The molecule has 2 aromatic rings. The molecule has 1 saturated heterocycles. The molecule has 1 aromatic heterocycles. The fourth-order valence-corrected chi connectivity index (χ4v) is 6.45. The molecule has 1 saturated carbocycles. The SMILES string of the molecule is CCN1CCC(NCCC2(c3ccccn3)CCOC3(CCCC3)C2)c2ccccc21. The van der Waals surface area contributed by atoms with Crippen LogP contribution in [0.25, 0.3) is 0 Å². The Hall–Kier alpha value is -1.91. The summed E-state index contributed by atoms with van der Waals surface area (Å²) < 4.78 is 6.42. The molecule has 4 nitrogen and oxygen atoms in total. The molecule has 4 heteroatoms. The van der Waals surface area contributed by atoms with Crippen molar-refractivity contribution < 1.29 is 4.74 Å². The first-order chi connectivity index (χ1) is 15.2. The topological polar surface area (TPSA) is 37.4 Å². The Morgan fingerprint density at radius 2 is 1.94 bits per heavy atom. The van der Waals surface area contributed by atoms with Crippen molar-refractivity contribution in [3.05, 3.63) is 59.9 Å². The van der Waals surface area contributed by atoms with Gasteiger partial charge in [-0.15, -0.1) is 0 Å². The fourth-order valence-electron chi connectivity index (χ4n) is 6.45. The maximum atomic E-state index is 6.42. The number of ether oxygens (including phenoxy) is 1. The van der Waals surface area contributed by atoms with Crippen molar-refractivity contribution in [2.24, 2.45) is 0 Å². The van der Waals surface area contributed by atoms with Crippen molar-refractivity contribution in [2.45, 2.75) is 75.3 Å². The summed E-state index contributed by atoms with van der Waals surface area (Å²) in [7, 11) is 0. The van der Waals surface area contributed by atoms with E-state index in [0.29, 0.717) is 6.04 Å². The maximum Gasteiger partial charge on any atom is 0.0691 e. The summed E-state index contributed by atoms with van der Waals surface area (Å²) in [6, 6.07) is 15.8. The van der Waals surface area contributed by atoms with E-state index in [1.807, 2.05) is 12.3 Å². The summed E-state index contributed by atoms with van der Waals surface area (Å²) in [6.07, 6.45) is 11.5. The van der Waals surface area contributed by atoms with Crippen LogP contribution in [0.1, 0.15) is 75.6 Å². The Kier molecular flexibility index (Phi) is 6.03. The third kappa shape index (κ3) is 4.12. The lowest BCUT2D eigenvalue weighted by Crippen LogP contribution is -2.47. The highest BCUT2D eigenvalue weighted by Crippen LogP contribution is 2.49. The summed E-state index contributed by atoms with van der Waals surface area (Å²) in [4.78, 5) is 7.37. The van der Waals surface area contributed by atoms with Gasteiger partial charge < -0.3 is 15.0 Å². The van der Waals surface area contributed by atoms with Gasteiger partial charge >= 0.3 is 0 Å². The number of rotatable bonds is 6. The zero-order valence-corrected chi connectivity index (χ0v) is 19.0. The number of anilines is 1. The summed E-state index contributed by atoms with van der Waals surface area (Å²) in [5.74, 6) is 0. The maximum absolute atomic E-state index is 6.42. The monoisotopic (exact) mass is 419 g/mol. The van der Waals surface area contributed by atoms with Crippen LogP contribution in [0.15, 0.2) is 48.7 Å². The van der Waals surface area contributed by atoms with Crippen LogP contribution in [0.5, 0.6) is 0 Å². The van der Waals surface area contributed by atoms with Crippen LogP contribution < -0.4 is 10.2 Å². The van der Waals surface area contributed by atoms with Crippen LogP contribution >= 0.6 is 0 Å². The molecule has 5 rings (SSSR count). The van der Waals surface area contributed by atoms with E-state index in [9.17, 15) is 0 Å². The van der Waals surface area contributed by atoms with Gasteiger partial charge in [-0.1, -0.05) is 37.1 Å². The molecule has 31 heavy (non-hydrogen) atoms. The number of hydrogen-bond donors (Lipinski definition) is 1. The summed E-state index contributed by atoms with van der Waals surface area (Å²) in [5, 5.41) is 3.95. The predicted octanol–water partition coefficient (Wildman–Crippen LogP) is 5.39.